The summed E-state index contributed by atoms with van der Waals surface area (Å²) >= 11 is 0. The quantitative estimate of drug-likeness (QED) is 0.508. The Hall–Kier alpha value is -2.50. The van der Waals surface area contributed by atoms with E-state index in [4.69, 9.17) is 14.2 Å². The van der Waals surface area contributed by atoms with E-state index in [-0.39, 0.29) is 18.1 Å². The van der Waals surface area contributed by atoms with Gasteiger partial charge in [-0.25, -0.2) is 0 Å². The van der Waals surface area contributed by atoms with Gasteiger partial charge in [-0.15, -0.1) is 0 Å². The third-order valence-electron chi connectivity index (χ3n) is 6.06. The number of benzene rings is 3. The Kier molecular flexibility index (Phi) is 8.07. The van der Waals surface area contributed by atoms with Gasteiger partial charge >= 0.3 is 0 Å². The Bertz CT molecular complexity index is 860. The van der Waals surface area contributed by atoms with Gasteiger partial charge in [-0.3, -0.25) is 0 Å². The first-order valence-electron chi connectivity index (χ1n) is 11.4. The van der Waals surface area contributed by atoms with E-state index in [9.17, 15) is 5.11 Å². The molecule has 5 atom stereocenters. The summed E-state index contributed by atoms with van der Waals surface area (Å²) < 4.78 is 19.1. The monoisotopic (exact) mass is 432 g/mol. The third-order valence-corrected chi connectivity index (χ3v) is 6.06. The maximum absolute atomic E-state index is 10.9. The van der Waals surface area contributed by atoms with E-state index >= 15 is 0 Å². The first-order valence-corrected chi connectivity index (χ1v) is 11.4. The summed E-state index contributed by atoms with van der Waals surface area (Å²) in [6.45, 7) is 3.49. The van der Waals surface area contributed by atoms with Gasteiger partial charge in [-0.2, -0.15) is 0 Å². The molecule has 0 radical (unpaired) electrons. The smallest absolute Gasteiger partial charge is 0.113 e. The molecule has 0 amide bonds. The third kappa shape index (κ3) is 6.05. The lowest BCUT2D eigenvalue weighted by atomic mass is 9.81. The topological polar surface area (TPSA) is 47.9 Å². The van der Waals surface area contributed by atoms with Crippen LogP contribution < -0.4 is 0 Å². The van der Waals surface area contributed by atoms with Crippen LogP contribution in [0.3, 0.4) is 0 Å². The molecule has 3 aromatic carbocycles. The number of aliphatic hydroxyl groups is 1. The van der Waals surface area contributed by atoms with Gasteiger partial charge in [0.05, 0.1) is 32.0 Å². The van der Waals surface area contributed by atoms with Crippen LogP contribution in [0, 0.1) is 5.92 Å². The molecular formula is C28H32O4. The zero-order valence-corrected chi connectivity index (χ0v) is 18.5. The molecule has 1 aliphatic carbocycles. The van der Waals surface area contributed by atoms with Crippen LogP contribution in [0.4, 0.5) is 0 Å². The molecule has 1 fully saturated rings. The maximum Gasteiger partial charge on any atom is 0.113 e. The second-order valence-corrected chi connectivity index (χ2v) is 8.56. The summed E-state index contributed by atoms with van der Waals surface area (Å²) in [6.07, 6.45) is -1.00. The minimum Gasteiger partial charge on any atom is -0.390 e. The van der Waals surface area contributed by atoms with Crippen molar-refractivity contribution in [2.45, 2.75) is 57.6 Å². The highest BCUT2D eigenvalue weighted by Gasteiger charge is 2.45. The lowest BCUT2D eigenvalue weighted by Crippen LogP contribution is -2.56. The van der Waals surface area contributed by atoms with Crippen LogP contribution in [0.25, 0.3) is 0 Å². The van der Waals surface area contributed by atoms with Crippen molar-refractivity contribution in [1.82, 2.24) is 0 Å². The molecule has 0 aromatic heterocycles. The standard InChI is InChI=1S/C28H32O4/c1-21-17-25(29)27(31-19-23-13-7-3-8-14-23)28(32-20-24-15-9-4-10-16-24)26(21)30-18-22-11-5-2-6-12-22/h2-16,21,25-29H,17-20H2,1H3/t21?,25-,26+,27?,28+/m1/s1. The molecule has 4 rings (SSSR count). The second-order valence-electron chi connectivity index (χ2n) is 8.56. The van der Waals surface area contributed by atoms with E-state index < -0.39 is 12.2 Å². The summed E-state index contributed by atoms with van der Waals surface area (Å²) in [7, 11) is 0. The molecule has 4 nitrogen and oxygen atoms in total. The fraction of sp³-hybridized carbons (Fsp3) is 0.357. The van der Waals surface area contributed by atoms with Crippen LogP contribution in [0.1, 0.15) is 30.0 Å². The first kappa shape index (κ1) is 22.7. The molecule has 0 aliphatic heterocycles. The van der Waals surface area contributed by atoms with E-state index in [1.54, 1.807) is 0 Å². The van der Waals surface area contributed by atoms with Gasteiger partial charge < -0.3 is 19.3 Å². The Morgan fingerprint density at radius 3 is 1.41 bits per heavy atom. The lowest BCUT2D eigenvalue weighted by molar-refractivity contribution is -0.216. The average Bonchev–Trinajstić information content (AvgIpc) is 2.83. The van der Waals surface area contributed by atoms with Crippen LogP contribution in [0.2, 0.25) is 0 Å². The minimum absolute atomic E-state index is 0.145. The zero-order chi connectivity index (χ0) is 22.2. The van der Waals surface area contributed by atoms with E-state index in [0.29, 0.717) is 26.2 Å². The van der Waals surface area contributed by atoms with E-state index in [2.05, 4.69) is 19.1 Å². The van der Waals surface area contributed by atoms with E-state index in [1.807, 2.05) is 78.9 Å². The Balaban J connectivity index is 1.50. The zero-order valence-electron chi connectivity index (χ0n) is 18.5. The van der Waals surface area contributed by atoms with Gasteiger partial charge in [0.25, 0.3) is 0 Å². The predicted octanol–water partition coefficient (Wildman–Crippen LogP) is 5.14. The van der Waals surface area contributed by atoms with Gasteiger partial charge in [0.2, 0.25) is 0 Å². The summed E-state index contributed by atoms with van der Waals surface area (Å²) in [5.74, 6) is 0.145. The largest absolute Gasteiger partial charge is 0.390 e. The van der Waals surface area contributed by atoms with Crippen molar-refractivity contribution in [3.05, 3.63) is 108 Å². The van der Waals surface area contributed by atoms with Crippen molar-refractivity contribution in [1.29, 1.82) is 0 Å². The molecule has 32 heavy (non-hydrogen) atoms. The van der Waals surface area contributed by atoms with Crippen LogP contribution in [0.5, 0.6) is 0 Å². The van der Waals surface area contributed by atoms with Crippen molar-refractivity contribution < 1.29 is 19.3 Å². The van der Waals surface area contributed by atoms with Crippen molar-refractivity contribution in [3.63, 3.8) is 0 Å². The summed E-state index contributed by atoms with van der Waals surface area (Å²) in [4.78, 5) is 0. The first-order chi connectivity index (χ1) is 15.7. The van der Waals surface area contributed by atoms with Crippen molar-refractivity contribution >= 4 is 0 Å². The number of rotatable bonds is 9. The lowest BCUT2D eigenvalue weighted by Gasteiger charge is -2.43. The Morgan fingerprint density at radius 2 is 0.969 bits per heavy atom. The molecule has 1 N–H and O–H groups in total. The van der Waals surface area contributed by atoms with Gasteiger partial charge in [-0.05, 0) is 29.0 Å². The molecule has 0 saturated heterocycles. The minimum atomic E-state index is -0.605. The highest BCUT2D eigenvalue weighted by molar-refractivity contribution is 5.15. The van der Waals surface area contributed by atoms with Crippen LogP contribution in [-0.2, 0) is 34.0 Å². The number of aliphatic hydroxyl groups excluding tert-OH is 1. The van der Waals surface area contributed by atoms with E-state index in [0.717, 1.165) is 16.7 Å². The molecular weight excluding hydrogens is 400 g/mol. The maximum atomic E-state index is 10.9. The number of ether oxygens (including phenoxy) is 3. The van der Waals surface area contributed by atoms with E-state index in [1.165, 1.54) is 0 Å². The van der Waals surface area contributed by atoms with Crippen LogP contribution >= 0.6 is 0 Å². The molecule has 0 heterocycles. The normalized spacial score (nSPS) is 25.5. The van der Waals surface area contributed by atoms with Gasteiger partial charge in [0.15, 0.2) is 0 Å². The molecule has 0 bridgehead atoms. The van der Waals surface area contributed by atoms with Gasteiger partial charge in [-0.1, -0.05) is 97.9 Å². The SMILES string of the molecule is CC1C[C@@H](O)C(OCc2ccccc2)[C@@H](OCc2ccccc2)[C@H]1OCc1ccccc1. The van der Waals surface area contributed by atoms with Gasteiger partial charge in [0.1, 0.15) is 12.2 Å². The molecule has 1 aliphatic rings. The molecule has 4 heteroatoms. The van der Waals surface area contributed by atoms with Crippen molar-refractivity contribution in [2.24, 2.45) is 5.92 Å². The summed E-state index contributed by atoms with van der Waals surface area (Å²) in [5.41, 5.74) is 3.28. The summed E-state index contributed by atoms with van der Waals surface area (Å²) in [5, 5.41) is 10.9. The molecule has 3 aromatic rings. The summed E-state index contributed by atoms with van der Waals surface area (Å²) in [6, 6.07) is 30.3. The second kappa shape index (κ2) is 11.4. The predicted molar refractivity (Wildman–Crippen MR) is 125 cm³/mol. The molecule has 0 spiro atoms. The highest BCUT2D eigenvalue weighted by atomic mass is 16.6. The Morgan fingerprint density at radius 1 is 0.594 bits per heavy atom. The average molecular weight is 433 g/mol. The number of hydrogen-bond donors (Lipinski definition) is 1. The molecule has 2 unspecified atom stereocenters. The van der Waals surface area contributed by atoms with Gasteiger partial charge in [0, 0.05) is 0 Å². The fourth-order valence-corrected chi connectivity index (χ4v) is 4.33. The fourth-order valence-electron chi connectivity index (χ4n) is 4.33. The highest BCUT2D eigenvalue weighted by Crippen LogP contribution is 2.33. The Labute approximate surface area is 190 Å². The van der Waals surface area contributed by atoms with Crippen molar-refractivity contribution in [3.8, 4) is 0 Å². The van der Waals surface area contributed by atoms with Crippen LogP contribution in [-0.4, -0.2) is 29.5 Å². The number of hydrogen-bond acceptors (Lipinski definition) is 4. The van der Waals surface area contributed by atoms with Crippen LogP contribution in [0.15, 0.2) is 91.0 Å². The molecule has 1 saturated carbocycles. The molecule has 168 valence electrons. The van der Waals surface area contributed by atoms with Crippen molar-refractivity contribution in [2.75, 3.05) is 0 Å².